The topological polar surface area (TPSA) is 90.5 Å². The van der Waals surface area contributed by atoms with E-state index < -0.39 is 0 Å². The van der Waals surface area contributed by atoms with Crippen LogP contribution in [0.2, 0.25) is 0 Å². The van der Waals surface area contributed by atoms with Crippen molar-refractivity contribution >= 4 is 34.8 Å². The number of nitrogens with one attached hydrogen (secondary N) is 3. The van der Waals surface area contributed by atoms with E-state index in [1.54, 1.807) is 36.4 Å². The second kappa shape index (κ2) is 13.3. The quantitative estimate of drug-likeness (QED) is 0.372. The summed E-state index contributed by atoms with van der Waals surface area (Å²) in [7, 11) is 0. The number of benzene rings is 3. The smallest absolute Gasteiger partial charge is 0.253 e. The van der Waals surface area contributed by atoms with E-state index in [0.717, 1.165) is 37.2 Å². The van der Waals surface area contributed by atoms with E-state index in [1.165, 1.54) is 12.8 Å². The highest BCUT2D eigenvalue weighted by molar-refractivity contribution is 5.98. The van der Waals surface area contributed by atoms with E-state index >= 15 is 0 Å². The van der Waals surface area contributed by atoms with Crippen molar-refractivity contribution in [2.45, 2.75) is 38.5 Å². The summed E-state index contributed by atoms with van der Waals surface area (Å²) in [4.78, 5) is 39.5. The molecule has 0 aliphatic carbocycles. The third-order valence-electron chi connectivity index (χ3n) is 6.39. The molecule has 4 rings (SSSR count). The largest absolute Gasteiger partial charge is 0.376 e. The van der Waals surface area contributed by atoms with Crippen molar-refractivity contribution in [3.8, 4) is 0 Å². The van der Waals surface area contributed by atoms with E-state index in [2.05, 4.69) is 16.0 Å². The molecule has 3 aromatic carbocycles. The van der Waals surface area contributed by atoms with Gasteiger partial charge in [-0.05, 0) is 67.3 Å². The number of hydrogen-bond donors (Lipinski definition) is 3. The molecule has 37 heavy (non-hydrogen) atoms. The second-order valence-corrected chi connectivity index (χ2v) is 9.30. The first kappa shape index (κ1) is 25.9. The van der Waals surface area contributed by atoms with Crippen molar-refractivity contribution in [3.63, 3.8) is 0 Å². The number of rotatable bonds is 9. The Kier molecular flexibility index (Phi) is 9.29. The molecule has 0 saturated carbocycles. The minimum absolute atomic E-state index is 0.0170. The van der Waals surface area contributed by atoms with Gasteiger partial charge < -0.3 is 20.9 Å². The van der Waals surface area contributed by atoms with Crippen LogP contribution in [0.5, 0.6) is 0 Å². The molecule has 7 heteroatoms. The first-order valence-electron chi connectivity index (χ1n) is 12.9. The SMILES string of the molecule is O=C(CCc1ccccc1)Nc1ccc(NCC(=O)Nc2cccc(C(=O)N3CCCCCC3)c2)cc1. The number of hydrogen-bond acceptors (Lipinski definition) is 4. The molecule has 1 heterocycles. The van der Waals surface area contributed by atoms with Gasteiger partial charge in [0, 0.05) is 42.1 Å². The highest BCUT2D eigenvalue weighted by atomic mass is 16.2. The summed E-state index contributed by atoms with van der Waals surface area (Å²) in [6.45, 7) is 1.65. The molecule has 0 unspecified atom stereocenters. The maximum Gasteiger partial charge on any atom is 0.253 e. The molecule has 3 amide bonds. The van der Waals surface area contributed by atoms with Crippen molar-refractivity contribution in [1.29, 1.82) is 0 Å². The number of nitrogens with zero attached hydrogens (tertiary/aromatic N) is 1. The minimum Gasteiger partial charge on any atom is -0.376 e. The van der Waals surface area contributed by atoms with Gasteiger partial charge >= 0.3 is 0 Å². The number of anilines is 3. The van der Waals surface area contributed by atoms with Gasteiger partial charge in [-0.15, -0.1) is 0 Å². The van der Waals surface area contributed by atoms with Crippen LogP contribution in [0.15, 0.2) is 78.9 Å². The van der Waals surface area contributed by atoms with Crippen LogP contribution in [-0.4, -0.2) is 42.3 Å². The summed E-state index contributed by atoms with van der Waals surface area (Å²) in [5.74, 6) is -0.235. The Morgan fingerprint density at radius 1 is 0.676 bits per heavy atom. The van der Waals surface area contributed by atoms with Gasteiger partial charge in [-0.25, -0.2) is 0 Å². The maximum atomic E-state index is 12.9. The zero-order chi connectivity index (χ0) is 25.9. The monoisotopic (exact) mass is 498 g/mol. The number of aryl methyl sites for hydroxylation is 1. The lowest BCUT2D eigenvalue weighted by Gasteiger charge is -2.20. The van der Waals surface area contributed by atoms with Gasteiger partial charge in [0.15, 0.2) is 0 Å². The minimum atomic E-state index is -0.210. The van der Waals surface area contributed by atoms with Crippen molar-refractivity contribution in [2.75, 3.05) is 35.6 Å². The Bertz CT molecular complexity index is 1190. The van der Waals surface area contributed by atoms with Gasteiger partial charge in [0.25, 0.3) is 5.91 Å². The third kappa shape index (κ3) is 8.20. The van der Waals surface area contributed by atoms with Crippen molar-refractivity contribution in [3.05, 3.63) is 90.0 Å². The summed E-state index contributed by atoms with van der Waals surface area (Å²) >= 11 is 0. The molecule has 7 nitrogen and oxygen atoms in total. The molecular weight excluding hydrogens is 464 g/mol. The average molecular weight is 499 g/mol. The standard InChI is InChI=1S/C30H34N4O3/c35-28(18-13-23-9-4-3-5-10-23)32-26-16-14-25(15-17-26)31-22-29(36)33-27-12-8-11-24(21-27)30(37)34-19-6-1-2-7-20-34/h3-5,8-12,14-17,21,31H,1-2,6-7,13,18-20,22H2,(H,32,35)(H,33,36). The summed E-state index contributed by atoms with van der Waals surface area (Å²) in [5, 5.41) is 8.85. The second-order valence-electron chi connectivity index (χ2n) is 9.30. The van der Waals surface area contributed by atoms with Gasteiger partial charge in [0.2, 0.25) is 11.8 Å². The molecule has 0 atom stereocenters. The van der Waals surface area contributed by atoms with E-state index in [0.29, 0.717) is 29.8 Å². The number of likely N-dealkylation sites (tertiary alicyclic amines) is 1. The third-order valence-corrected chi connectivity index (χ3v) is 6.39. The van der Waals surface area contributed by atoms with E-state index in [-0.39, 0.29) is 24.3 Å². The predicted molar refractivity (Wildman–Crippen MR) is 148 cm³/mol. The number of carbonyl (C=O) groups is 3. The lowest BCUT2D eigenvalue weighted by Crippen LogP contribution is -2.31. The molecule has 0 aromatic heterocycles. The van der Waals surface area contributed by atoms with Crippen LogP contribution in [-0.2, 0) is 16.0 Å². The molecule has 0 spiro atoms. The first-order valence-corrected chi connectivity index (χ1v) is 12.9. The molecule has 1 saturated heterocycles. The predicted octanol–water partition coefficient (Wildman–Crippen LogP) is 5.32. The van der Waals surface area contributed by atoms with Gasteiger partial charge in [0.1, 0.15) is 0 Å². The fourth-order valence-electron chi connectivity index (χ4n) is 4.37. The van der Waals surface area contributed by atoms with E-state index in [9.17, 15) is 14.4 Å². The Labute approximate surface area is 218 Å². The fraction of sp³-hybridized carbons (Fsp3) is 0.300. The number of amides is 3. The molecule has 3 N–H and O–H groups in total. The van der Waals surface area contributed by atoms with Crippen LogP contribution in [0, 0.1) is 0 Å². The first-order chi connectivity index (χ1) is 18.1. The highest BCUT2D eigenvalue weighted by Gasteiger charge is 2.17. The highest BCUT2D eigenvalue weighted by Crippen LogP contribution is 2.17. The summed E-state index contributed by atoms with van der Waals surface area (Å²) in [6.07, 6.45) is 5.51. The molecule has 1 aliphatic rings. The van der Waals surface area contributed by atoms with Crippen molar-refractivity contribution < 1.29 is 14.4 Å². The maximum absolute atomic E-state index is 12.9. The molecule has 1 aliphatic heterocycles. The summed E-state index contributed by atoms with van der Waals surface area (Å²) < 4.78 is 0. The molecule has 0 radical (unpaired) electrons. The van der Waals surface area contributed by atoms with Crippen LogP contribution in [0.4, 0.5) is 17.1 Å². The van der Waals surface area contributed by atoms with Crippen LogP contribution in [0.25, 0.3) is 0 Å². The van der Waals surface area contributed by atoms with Crippen LogP contribution in [0.1, 0.15) is 48.0 Å². The van der Waals surface area contributed by atoms with E-state index in [1.807, 2.05) is 47.4 Å². The molecule has 192 valence electrons. The molecular formula is C30H34N4O3. The van der Waals surface area contributed by atoms with E-state index in [4.69, 9.17) is 0 Å². The Hall–Kier alpha value is -4.13. The lowest BCUT2D eigenvalue weighted by atomic mass is 10.1. The fourth-order valence-corrected chi connectivity index (χ4v) is 4.37. The average Bonchev–Trinajstić information content (AvgIpc) is 3.22. The molecule has 1 fully saturated rings. The van der Waals surface area contributed by atoms with Gasteiger partial charge in [-0.3, -0.25) is 14.4 Å². The summed E-state index contributed by atoms with van der Waals surface area (Å²) in [5.41, 5.74) is 3.79. The zero-order valence-electron chi connectivity index (χ0n) is 21.0. The van der Waals surface area contributed by atoms with Crippen LogP contribution in [0.3, 0.4) is 0 Å². The normalized spacial score (nSPS) is 13.4. The Morgan fingerprint density at radius 3 is 2.08 bits per heavy atom. The van der Waals surface area contributed by atoms with Crippen molar-refractivity contribution in [2.24, 2.45) is 0 Å². The number of carbonyl (C=O) groups excluding carboxylic acids is 3. The summed E-state index contributed by atoms with van der Waals surface area (Å²) in [6, 6.07) is 24.3. The van der Waals surface area contributed by atoms with Gasteiger partial charge in [-0.2, -0.15) is 0 Å². The van der Waals surface area contributed by atoms with Crippen LogP contribution < -0.4 is 16.0 Å². The zero-order valence-corrected chi connectivity index (χ0v) is 21.0. The van der Waals surface area contributed by atoms with Crippen molar-refractivity contribution in [1.82, 2.24) is 4.90 Å². The molecule has 3 aromatic rings. The van der Waals surface area contributed by atoms with Crippen LogP contribution >= 0.6 is 0 Å². The Morgan fingerprint density at radius 2 is 1.35 bits per heavy atom. The lowest BCUT2D eigenvalue weighted by molar-refractivity contribution is -0.116. The Balaban J connectivity index is 1.22. The molecule has 0 bridgehead atoms. The van der Waals surface area contributed by atoms with Gasteiger partial charge in [0.05, 0.1) is 6.54 Å². The van der Waals surface area contributed by atoms with Gasteiger partial charge in [-0.1, -0.05) is 49.2 Å².